The van der Waals surface area contributed by atoms with E-state index >= 15 is 0 Å². The third-order valence-corrected chi connectivity index (χ3v) is 2.42. The van der Waals surface area contributed by atoms with Crippen LogP contribution in [0.15, 0.2) is 18.2 Å². The molecule has 0 aliphatic carbocycles. The second-order valence-corrected chi connectivity index (χ2v) is 5.82. The summed E-state index contributed by atoms with van der Waals surface area (Å²) in [7, 11) is 9.69. The number of carbonyl (C=O) groups excluding carboxylic acids is 1. The average Bonchev–Trinajstić information content (AvgIpc) is 2.19. The molecule has 0 atom stereocenters. The van der Waals surface area contributed by atoms with Crippen LogP contribution in [0.4, 0.5) is 4.79 Å². The first-order valence-electron chi connectivity index (χ1n) is 5.98. The van der Waals surface area contributed by atoms with E-state index in [0.717, 1.165) is 16.6 Å². The lowest BCUT2D eigenvalue weighted by Crippen LogP contribution is -2.34. The minimum atomic E-state index is -0.346. The van der Waals surface area contributed by atoms with Crippen LogP contribution in [0.5, 0.6) is 5.75 Å². The molecular formula is C14H23N2O2+. The van der Waals surface area contributed by atoms with Crippen molar-refractivity contribution in [2.45, 2.75) is 13.5 Å². The minimum absolute atomic E-state index is 0.346. The number of aryl methyl sites for hydroxylation is 1. The Labute approximate surface area is 109 Å². The zero-order chi connectivity index (χ0) is 13.9. The van der Waals surface area contributed by atoms with Gasteiger partial charge in [-0.1, -0.05) is 11.6 Å². The van der Waals surface area contributed by atoms with E-state index in [-0.39, 0.29) is 6.09 Å². The molecule has 18 heavy (non-hydrogen) atoms. The molecule has 0 aromatic heterocycles. The smallest absolute Gasteiger partial charge is 0.410 e. The number of quaternary nitrogens is 1. The first-order valence-corrected chi connectivity index (χ1v) is 5.98. The van der Waals surface area contributed by atoms with E-state index in [9.17, 15) is 4.79 Å². The van der Waals surface area contributed by atoms with Gasteiger partial charge in [0, 0.05) is 19.7 Å². The first-order chi connectivity index (χ1) is 8.19. The van der Waals surface area contributed by atoms with Gasteiger partial charge < -0.3 is 14.1 Å². The topological polar surface area (TPSA) is 29.5 Å². The molecule has 1 amide bonds. The van der Waals surface area contributed by atoms with Crippen molar-refractivity contribution in [2.24, 2.45) is 0 Å². The van der Waals surface area contributed by atoms with Gasteiger partial charge in [0.1, 0.15) is 12.3 Å². The molecule has 0 saturated heterocycles. The van der Waals surface area contributed by atoms with Gasteiger partial charge >= 0.3 is 6.09 Å². The van der Waals surface area contributed by atoms with Crippen molar-refractivity contribution in [3.63, 3.8) is 0 Å². The van der Waals surface area contributed by atoms with Crippen LogP contribution >= 0.6 is 0 Å². The summed E-state index contributed by atoms with van der Waals surface area (Å²) in [6.45, 7) is 2.86. The fourth-order valence-corrected chi connectivity index (χ4v) is 1.63. The van der Waals surface area contributed by atoms with Crippen LogP contribution in [0.2, 0.25) is 0 Å². The summed E-state index contributed by atoms with van der Waals surface area (Å²) < 4.78 is 6.17. The molecule has 0 radical (unpaired) electrons. The number of hydrogen-bond donors (Lipinski definition) is 0. The highest BCUT2D eigenvalue weighted by molar-refractivity contribution is 5.70. The van der Waals surface area contributed by atoms with Gasteiger partial charge in [0.05, 0.1) is 21.1 Å². The molecule has 0 saturated carbocycles. The van der Waals surface area contributed by atoms with Crippen molar-refractivity contribution < 1.29 is 14.0 Å². The second-order valence-electron chi connectivity index (χ2n) is 5.82. The number of amides is 1. The first kappa shape index (κ1) is 14.5. The molecule has 0 bridgehead atoms. The standard InChI is InChI=1S/C14H23N2O2/c1-11-7-8-13(18-14(17)15(2)3)12(9-11)10-16(4,5)6/h7-9H,10H2,1-6H3/q+1. The van der Waals surface area contributed by atoms with E-state index in [1.165, 1.54) is 10.5 Å². The largest absolute Gasteiger partial charge is 0.414 e. The fraction of sp³-hybridized carbons (Fsp3) is 0.500. The van der Waals surface area contributed by atoms with Crippen molar-refractivity contribution in [1.29, 1.82) is 0 Å². The summed E-state index contributed by atoms with van der Waals surface area (Å²) in [6.07, 6.45) is -0.346. The van der Waals surface area contributed by atoms with Gasteiger partial charge in [-0.05, 0) is 19.1 Å². The van der Waals surface area contributed by atoms with Gasteiger partial charge in [-0.2, -0.15) is 0 Å². The summed E-state index contributed by atoms with van der Waals surface area (Å²) in [5, 5.41) is 0. The van der Waals surface area contributed by atoms with Gasteiger partial charge in [-0.15, -0.1) is 0 Å². The predicted octanol–water partition coefficient (Wildman–Crippen LogP) is 2.26. The highest BCUT2D eigenvalue weighted by Crippen LogP contribution is 2.23. The number of hydrogen-bond acceptors (Lipinski definition) is 2. The Bertz CT molecular complexity index is 434. The van der Waals surface area contributed by atoms with E-state index in [2.05, 4.69) is 27.2 Å². The van der Waals surface area contributed by atoms with E-state index in [0.29, 0.717) is 5.75 Å². The fourth-order valence-electron chi connectivity index (χ4n) is 1.63. The van der Waals surface area contributed by atoms with E-state index in [1.54, 1.807) is 14.1 Å². The van der Waals surface area contributed by atoms with Crippen molar-refractivity contribution in [3.05, 3.63) is 29.3 Å². The number of rotatable bonds is 3. The van der Waals surface area contributed by atoms with Gasteiger partial charge in [-0.3, -0.25) is 0 Å². The summed E-state index contributed by atoms with van der Waals surface area (Å²) in [5.74, 6) is 0.646. The van der Waals surface area contributed by atoms with E-state index in [4.69, 9.17) is 4.74 Å². The molecule has 0 N–H and O–H groups in total. The number of carbonyl (C=O) groups is 1. The number of ether oxygens (including phenoxy) is 1. The lowest BCUT2D eigenvalue weighted by Gasteiger charge is -2.25. The molecule has 0 spiro atoms. The van der Waals surface area contributed by atoms with Gasteiger partial charge in [-0.25, -0.2) is 4.79 Å². The molecule has 0 aliphatic rings. The lowest BCUT2D eigenvalue weighted by atomic mass is 10.1. The third kappa shape index (κ3) is 4.37. The Balaban J connectivity index is 3.00. The summed E-state index contributed by atoms with van der Waals surface area (Å²) in [4.78, 5) is 13.0. The van der Waals surface area contributed by atoms with Crippen molar-refractivity contribution >= 4 is 6.09 Å². The molecule has 0 aliphatic heterocycles. The van der Waals surface area contributed by atoms with Crippen molar-refractivity contribution in [2.75, 3.05) is 35.2 Å². The van der Waals surface area contributed by atoms with Crippen LogP contribution in [0.3, 0.4) is 0 Å². The van der Waals surface area contributed by atoms with Crippen molar-refractivity contribution in [1.82, 2.24) is 4.90 Å². The quantitative estimate of drug-likeness (QED) is 0.771. The molecule has 1 rings (SSSR count). The lowest BCUT2D eigenvalue weighted by molar-refractivity contribution is -0.884. The maximum absolute atomic E-state index is 11.6. The Morgan fingerprint density at radius 3 is 2.39 bits per heavy atom. The van der Waals surface area contributed by atoms with E-state index < -0.39 is 0 Å². The molecule has 4 nitrogen and oxygen atoms in total. The molecule has 1 aromatic carbocycles. The zero-order valence-corrected chi connectivity index (χ0v) is 12.2. The highest BCUT2D eigenvalue weighted by atomic mass is 16.6. The third-order valence-electron chi connectivity index (χ3n) is 2.42. The second kappa shape index (κ2) is 5.40. The highest BCUT2D eigenvalue weighted by Gasteiger charge is 2.16. The molecule has 4 heteroatoms. The number of benzene rings is 1. The molecule has 0 fully saturated rings. The van der Waals surface area contributed by atoms with Crippen LogP contribution in [0, 0.1) is 6.92 Å². The van der Waals surface area contributed by atoms with Crippen LogP contribution < -0.4 is 4.74 Å². The van der Waals surface area contributed by atoms with Gasteiger partial charge in [0.15, 0.2) is 0 Å². The Morgan fingerprint density at radius 2 is 1.89 bits per heavy atom. The normalized spacial score (nSPS) is 11.2. The summed E-state index contributed by atoms with van der Waals surface area (Å²) in [6, 6.07) is 5.89. The van der Waals surface area contributed by atoms with Gasteiger partial charge in [0.2, 0.25) is 0 Å². The molecule has 100 valence electrons. The molecule has 0 heterocycles. The number of nitrogens with zero attached hydrogens (tertiary/aromatic N) is 2. The van der Waals surface area contributed by atoms with Gasteiger partial charge in [0.25, 0.3) is 0 Å². The summed E-state index contributed by atoms with van der Waals surface area (Å²) in [5.41, 5.74) is 2.22. The Hall–Kier alpha value is -1.55. The Morgan fingerprint density at radius 1 is 1.28 bits per heavy atom. The van der Waals surface area contributed by atoms with Crippen molar-refractivity contribution in [3.8, 4) is 5.75 Å². The monoisotopic (exact) mass is 251 g/mol. The van der Waals surface area contributed by atoms with Crippen LogP contribution in [0.25, 0.3) is 0 Å². The summed E-state index contributed by atoms with van der Waals surface area (Å²) >= 11 is 0. The maximum atomic E-state index is 11.6. The molecule has 1 aromatic rings. The van der Waals surface area contributed by atoms with Crippen LogP contribution in [-0.4, -0.2) is 50.7 Å². The predicted molar refractivity (Wildman–Crippen MR) is 72.6 cm³/mol. The maximum Gasteiger partial charge on any atom is 0.414 e. The SMILES string of the molecule is Cc1ccc(OC(=O)N(C)C)c(C[N+](C)(C)C)c1. The molecular weight excluding hydrogens is 228 g/mol. The molecule has 0 unspecified atom stereocenters. The Kier molecular flexibility index (Phi) is 4.35. The van der Waals surface area contributed by atoms with E-state index in [1.807, 2.05) is 19.1 Å². The zero-order valence-electron chi connectivity index (χ0n) is 12.2. The van der Waals surface area contributed by atoms with Crippen LogP contribution in [-0.2, 0) is 6.54 Å². The minimum Gasteiger partial charge on any atom is -0.410 e. The average molecular weight is 251 g/mol. The van der Waals surface area contributed by atoms with Crippen LogP contribution in [0.1, 0.15) is 11.1 Å².